The Kier molecular flexibility index (Phi) is 4.45. The molecule has 2 atom stereocenters. The Morgan fingerprint density at radius 1 is 1.29 bits per heavy atom. The Labute approximate surface area is 105 Å². The maximum absolute atomic E-state index is 9.96. The highest BCUT2D eigenvalue weighted by Crippen LogP contribution is 2.36. The number of aliphatic hydroxyl groups excluding tert-OH is 1. The number of nitrogens with zero attached hydrogens (tertiary/aromatic N) is 1. The minimum absolute atomic E-state index is 0.137. The van der Waals surface area contributed by atoms with Crippen LogP contribution < -0.4 is 5.73 Å². The standard InChI is InChI=1S/C14H28N2O/c1-12-5-8-16(9-13(12)17)11-14(10-15)6-3-2-4-7-14/h12-13,17H,2-11,15H2,1H3. The second-order valence-electron chi connectivity index (χ2n) is 6.33. The topological polar surface area (TPSA) is 49.5 Å². The Morgan fingerprint density at radius 3 is 2.59 bits per heavy atom. The van der Waals surface area contributed by atoms with Crippen LogP contribution in [0.25, 0.3) is 0 Å². The van der Waals surface area contributed by atoms with Gasteiger partial charge in [-0.15, -0.1) is 0 Å². The zero-order chi connectivity index (χ0) is 12.3. The monoisotopic (exact) mass is 240 g/mol. The van der Waals surface area contributed by atoms with Gasteiger partial charge in [-0.25, -0.2) is 0 Å². The Bertz CT molecular complexity index is 238. The fraction of sp³-hybridized carbons (Fsp3) is 1.00. The van der Waals surface area contributed by atoms with Crippen molar-refractivity contribution < 1.29 is 5.11 Å². The van der Waals surface area contributed by atoms with Crippen LogP contribution in [-0.4, -0.2) is 42.3 Å². The fourth-order valence-electron chi connectivity index (χ4n) is 3.46. The van der Waals surface area contributed by atoms with Gasteiger partial charge in [-0.1, -0.05) is 26.2 Å². The molecular formula is C14H28N2O. The van der Waals surface area contributed by atoms with E-state index < -0.39 is 0 Å². The quantitative estimate of drug-likeness (QED) is 0.788. The normalized spacial score (nSPS) is 34.8. The lowest BCUT2D eigenvalue weighted by Crippen LogP contribution is -2.50. The molecule has 0 bridgehead atoms. The molecular weight excluding hydrogens is 212 g/mol. The van der Waals surface area contributed by atoms with E-state index in [1.807, 2.05) is 0 Å². The first-order valence-electron chi connectivity index (χ1n) is 7.26. The molecule has 3 heteroatoms. The van der Waals surface area contributed by atoms with Crippen LogP contribution in [0.3, 0.4) is 0 Å². The van der Waals surface area contributed by atoms with Gasteiger partial charge in [0.1, 0.15) is 0 Å². The first-order valence-corrected chi connectivity index (χ1v) is 7.26. The second-order valence-corrected chi connectivity index (χ2v) is 6.33. The van der Waals surface area contributed by atoms with Gasteiger partial charge in [0.25, 0.3) is 0 Å². The number of nitrogens with two attached hydrogens (primary N) is 1. The predicted octanol–water partition coefficient (Wildman–Crippen LogP) is 1.60. The van der Waals surface area contributed by atoms with Crippen LogP contribution in [0.5, 0.6) is 0 Å². The Balaban J connectivity index is 1.90. The number of β-amino-alcohol motifs (C(OH)–C–C–N with tert-alkyl or cyclic N) is 1. The molecule has 2 rings (SSSR count). The van der Waals surface area contributed by atoms with Gasteiger partial charge in [0.15, 0.2) is 0 Å². The summed E-state index contributed by atoms with van der Waals surface area (Å²) < 4.78 is 0. The van der Waals surface area contributed by atoms with Crippen molar-refractivity contribution in [2.24, 2.45) is 17.1 Å². The van der Waals surface area contributed by atoms with E-state index in [1.54, 1.807) is 0 Å². The van der Waals surface area contributed by atoms with E-state index in [1.165, 1.54) is 32.1 Å². The summed E-state index contributed by atoms with van der Waals surface area (Å²) in [6.45, 7) is 6.06. The molecule has 1 saturated carbocycles. The van der Waals surface area contributed by atoms with Crippen molar-refractivity contribution in [1.29, 1.82) is 0 Å². The van der Waals surface area contributed by atoms with Gasteiger partial charge in [-0.3, -0.25) is 0 Å². The molecule has 100 valence electrons. The van der Waals surface area contributed by atoms with Crippen molar-refractivity contribution in [1.82, 2.24) is 4.90 Å². The summed E-state index contributed by atoms with van der Waals surface area (Å²) in [6, 6.07) is 0. The number of piperidine rings is 1. The van der Waals surface area contributed by atoms with Gasteiger partial charge in [0.05, 0.1) is 6.10 Å². The molecule has 1 saturated heterocycles. The maximum atomic E-state index is 9.96. The summed E-state index contributed by atoms with van der Waals surface area (Å²) in [5, 5.41) is 9.96. The molecule has 0 aromatic rings. The van der Waals surface area contributed by atoms with E-state index in [0.717, 1.165) is 32.6 Å². The summed E-state index contributed by atoms with van der Waals surface area (Å²) in [6.07, 6.45) is 7.61. The number of likely N-dealkylation sites (tertiary alicyclic amines) is 1. The van der Waals surface area contributed by atoms with Gasteiger partial charge in [0, 0.05) is 13.1 Å². The zero-order valence-corrected chi connectivity index (χ0v) is 11.2. The maximum Gasteiger partial charge on any atom is 0.0693 e. The third-order valence-corrected chi connectivity index (χ3v) is 4.91. The van der Waals surface area contributed by atoms with E-state index in [0.29, 0.717) is 11.3 Å². The number of aliphatic hydroxyl groups is 1. The van der Waals surface area contributed by atoms with Crippen LogP contribution in [-0.2, 0) is 0 Å². The van der Waals surface area contributed by atoms with Gasteiger partial charge in [-0.05, 0) is 43.7 Å². The number of hydrogen-bond acceptors (Lipinski definition) is 3. The molecule has 1 aliphatic heterocycles. The highest BCUT2D eigenvalue weighted by atomic mass is 16.3. The second kappa shape index (κ2) is 5.68. The number of hydrogen-bond donors (Lipinski definition) is 2. The van der Waals surface area contributed by atoms with Crippen LogP contribution in [0.2, 0.25) is 0 Å². The SMILES string of the molecule is CC1CCN(CC2(CN)CCCCC2)CC1O. The van der Waals surface area contributed by atoms with Crippen molar-refractivity contribution in [3.63, 3.8) is 0 Å². The first kappa shape index (κ1) is 13.3. The van der Waals surface area contributed by atoms with Crippen molar-refractivity contribution in [3.8, 4) is 0 Å². The molecule has 2 aliphatic rings. The molecule has 1 aliphatic carbocycles. The summed E-state index contributed by atoms with van der Waals surface area (Å²) in [7, 11) is 0. The van der Waals surface area contributed by atoms with E-state index in [2.05, 4.69) is 11.8 Å². The average Bonchev–Trinajstić information content (AvgIpc) is 2.35. The third kappa shape index (κ3) is 3.21. The van der Waals surface area contributed by atoms with Crippen molar-refractivity contribution in [3.05, 3.63) is 0 Å². The first-order chi connectivity index (χ1) is 8.15. The van der Waals surface area contributed by atoms with E-state index in [4.69, 9.17) is 5.73 Å². The molecule has 17 heavy (non-hydrogen) atoms. The summed E-state index contributed by atoms with van der Waals surface area (Å²) >= 11 is 0. The van der Waals surface area contributed by atoms with Gasteiger partial charge >= 0.3 is 0 Å². The number of rotatable bonds is 3. The predicted molar refractivity (Wildman–Crippen MR) is 70.8 cm³/mol. The minimum Gasteiger partial charge on any atom is -0.392 e. The Hall–Kier alpha value is -0.120. The Morgan fingerprint density at radius 2 is 2.00 bits per heavy atom. The van der Waals surface area contributed by atoms with E-state index >= 15 is 0 Å². The zero-order valence-electron chi connectivity index (χ0n) is 11.2. The van der Waals surface area contributed by atoms with Crippen molar-refractivity contribution in [2.75, 3.05) is 26.2 Å². The van der Waals surface area contributed by atoms with Crippen LogP contribution in [0.1, 0.15) is 45.4 Å². The molecule has 0 amide bonds. The lowest BCUT2D eigenvalue weighted by molar-refractivity contribution is 0.00385. The largest absolute Gasteiger partial charge is 0.392 e. The lowest BCUT2D eigenvalue weighted by Gasteiger charge is -2.43. The van der Waals surface area contributed by atoms with Crippen LogP contribution >= 0.6 is 0 Å². The highest BCUT2D eigenvalue weighted by Gasteiger charge is 2.34. The average molecular weight is 240 g/mol. The van der Waals surface area contributed by atoms with Crippen molar-refractivity contribution >= 4 is 0 Å². The van der Waals surface area contributed by atoms with Crippen LogP contribution in [0.15, 0.2) is 0 Å². The molecule has 2 fully saturated rings. The summed E-state index contributed by atoms with van der Waals surface area (Å²) in [4.78, 5) is 2.45. The smallest absolute Gasteiger partial charge is 0.0693 e. The fourth-order valence-corrected chi connectivity index (χ4v) is 3.46. The van der Waals surface area contributed by atoms with Gasteiger partial charge in [-0.2, -0.15) is 0 Å². The van der Waals surface area contributed by atoms with Gasteiger partial charge in [0.2, 0.25) is 0 Å². The molecule has 0 spiro atoms. The molecule has 3 nitrogen and oxygen atoms in total. The molecule has 1 heterocycles. The lowest BCUT2D eigenvalue weighted by atomic mass is 9.73. The molecule has 0 aromatic carbocycles. The molecule has 2 unspecified atom stereocenters. The third-order valence-electron chi connectivity index (χ3n) is 4.91. The molecule has 3 N–H and O–H groups in total. The van der Waals surface area contributed by atoms with E-state index in [-0.39, 0.29) is 6.10 Å². The summed E-state index contributed by atoms with van der Waals surface area (Å²) in [5.74, 6) is 0.464. The minimum atomic E-state index is -0.137. The van der Waals surface area contributed by atoms with Crippen LogP contribution in [0, 0.1) is 11.3 Å². The van der Waals surface area contributed by atoms with E-state index in [9.17, 15) is 5.11 Å². The van der Waals surface area contributed by atoms with Crippen LogP contribution in [0.4, 0.5) is 0 Å². The molecule has 0 aromatic heterocycles. The van der Waals surface area contributed by atoms with Gasteiger partial charge < -0.3 is 15.7 Å². The summed E-state index contributed by atoms with van der Waals surface area (Å²) in [5.41, 5.74) is 6.37. The highest BCUT2D eigenvalue weighted by molar-refractivity contribution is 4.89. The van der Waals surface area contributed by atoms with Crippen molar-refractivity contribution in [2.45, 2.75) is 51.6 Å². The molecule has 0 radical (unpaired) electrons.